The number of nitrogens with two attached hydrogens (primary N) is 2. The summed E-state index contributed by atoms with van der Waals surface area (Å²) in [6, 6.07) is 8.90. The molecule has 3 fully saturated rings. The van der Waals surface area contributed by atoms with E-state index >= 15 is 4.79 Å². The van der Waals surface area contributed by atoms with Crippen molar-refractivity contribution in [3.8, 4) is 11.8 Å². The molecule has 332 valence electrons. The first kappa shape index (κ1) is 41.4. The predicted octanol–water partition coefficient (Wildman–Crippen LogP) is 5.94. The molecule has 1 aromatic rings. The van der Waals surface area contributed by atoms with Crippen LogP contribution in [0.1, 0.15) is 91.5 Å². The maximum atomic E-state index is 16.1. The van der Waals surface area contributed by atoms with E-state index in [1.807, 2.05) is 68.5 Å². The molecular formula is C53H57N3O8. The number of hydrogen-bond donors (Lipinski definition) is 7. The van der Waals surface area contributed by atoms with Crippen molar-refractivity contribution in [3.63, 3.8) is 0 Å². The average molecular weight is 864 g/mol. The number of fused-ring (bicyclic) bond motifs is 2. The smallest absolute Gasteiger partial charge is 0.334 e. The van der Waals surface area contributed by atoms with E-state index in [1.165, 1.54) is 6.92 Å². The van der Waals surface area contributed by atoms with Crippen molar-refractivity contribution in [2.75, 3.05) is 0 Å². The van der Waals surface area contributed by atoms with Crippen LogP contribution in [-0.2, 0) is 14.4 Å². The number of carbonyl (C=O) groups excluding carboxylic acids is 2. The third kappa shape index (κ3) is 4.24. The summed E-state index contributed by atoms with van der Waals surface area (Å²) < 4.78 is 0. The Morgan fingerprint density at radius 3 is 2.44 bits per heavy atom. The molecule has 0 radical (unpaired) electrons. The second-order valence-electron chi connectivity index (χ2n) is 21.6. The number of rotatable bonds is 5. The minimum Gasteiger partial charge on any atom is -0.508 e. The lowest BCUT2D eigenvalue weighted by Gasteiger charge is -2.70. The Hall–Kier alpha value is -5.28. The summed E-state index contributed by atoms with van der Waals surface area (Å²) in [5.41, 5.74) is 4.63. The van der Waals surface area contributed by atoms with Crippen molar-refractivity contribution < 1.29 is 39.9 Å². The van der Waals surface area contributed by atoms with Crippen molar-refractivity contribution >= 4 is 29.6 Å². The van der Waals surface area contributed by atoms with Crippen molar-refractivity contribution in [3.05, 3.63) is 111 Å². The maximum Gasteiger partial charge on any atom is 0.334 e. The highest BCUT2D eigenvalue weighted by Gasteiger charge is 2.90. The van der Waals surface area contributed by atoms with E-state index in [0.29, 0.717) is 47.1 Å². The molecule has 14 unspecified atom stereocenters. The zero-order chi connectivity index (χ0) is 45.5. The highest BCUT2D eigenvalue weighted by atomic mass is 16.4. The van der Waals surface area contributed by atoms with Gasteiger partial charge >= 0.3 is 5.97 Å². The van der Waals surface area contributed by atoms with Crippen LogP contribution < -0.4 is 11.5 Å². The number of carboxylic acids is 1. The Morgan fingerprint density at radius 2 is 1.73 bits per heavy atom. The molecular weight excluding hydrogens is 807 g/mol. The third-order valence-corrected chi connectivity index (χ3v) is 19.4. The Kier molecular flexibility index (Phi) is 8.11. The van der Waals surface area contributed by atoms with Crippen LogP contribution >= 0.6 is 0 Å². The second kappa shape index (κ2) is 12.5. The van der Waals surface area contributed by atoms with E-state index in [4.69, 9.17) is 11.5 Å². The summed E-state index contributed by atoms with van der Waals surface area (Å²) in [5, 5.41) is 65.6. The highest BCUT2D eigenvalue weighted by Crippen LogP contribution is 2.89. The van der Waals surface area contributed by atoms with Crippen LogP contribution in [-0.4, -0.2) is 71.9 Å². The zero-order valence-corrected chi connectivity index (χ0v) is 37.0. The molecule has 9 N–H and O–H groups in total. The summed E-state index contributed by atoms with van der Waals surface area (Å²) in [5.74, 6) is 0.538. The van der Waals surface area contributed by atoms with Gasteiger partial charge in [-0.3, -0.25) is 9.59 Å². The number of allylic oxidation sites excluding steroid dienone is 4. The van der Waals surface area contributed by atoms with Gasteiger partial charge in [-0.1, -0.05) is 94.0 Å². The Labute approximate surface area is 373 Å². The number of benzene rings is 1. The number of aliphatic carboxylic acids is 1. The predicted molar refractivity (Wildman–Crippen MR) is 239 cm³/mol. The number of Topliss-reactive ketones (excluding diaryl/α,β-unsaturated/α-hetero) is 2. The first-order chi connectivity index (χ1) is 30.2. The topological polar surface area (TPSA) is 217 Å². The molecule has 10 aliphatic carbocycles. The van der Waals surface area contributed by atoms with Crippen molar-refractivity contribution in [1.29, 1.82) is 0 Å². The largest absolute Gasteiger partial charge is 0.508 e. The number of hydrogen-bond acceptors (Lipinski definition) is 8. The number of carbonyl (C=O) groups is 3. The lowest BCUT2D eigenvalue weighted by Crippen LogP contribution is -2.72. The molecule has 3 saturated carbocycles. The van der Waals surface area contributed by atoms with Crippen LogP contribution in [0.15, 0.2) is 110 Å². The van der Waals surface area contributed by atoms with Gasteiger partial charge in [0.25, 0.3) is 0 Å². The molecule has 0 saturated heterocycles. The van der Waals surface area contributed by atoms with Gasteiger partial charge in [-0.25, -0.2) is 9.79 Å². The molecule has 64 heavy (non-hydrogen) atoms. The third-order valence-electron chi connectivity index (χ3n) is 19.4. The van der Waals surface area contributed by atoms with Gasteiger partial charge in [-0.15, -0.1) is 11.8 Å². The van der Waals surface area contributed by atoms with Crippen LogP contribution in [0.5, 0.6) is 0 Å². The van der Waals surface area contributed by atoms with E-state index in [-0.39, 0.29) is 49.6 Å². The van der Waals surface area contributed by atoms with Gasteiger partial charge < -0.3 is 37.0 Å². The van der Waals surface area contributed by atoms with Gasteiger partial charge in [0.05, 0.1) is 11.6 Å². The summed E-state index contributed by atoms with van der Waals surface area (Å²) in [4.78, 5) is 47.9. The molecule has 11 rings (SSSR count). The fourth-order valence-electron chi connectivity index (χ4n) is 17.3. The first-order valence-electron chi connectivity index (χ1n) is 22.9. The standard InChI is InChI=1S/C53H57N3O8/c1-27(44(60)61)43(59)52(63)32-17-15-30-24-31-25-50(62)33(16-14-29-12-8-6-9-13-29)40-46(3)20-10-7-11-21-51-42(50)39(47(40,4)22-19-36(46)58)35(57)26-48(51,5)49(41(37(30)32)53(31,51)64)23-18-34(56-45(54)55)38(52)28(49)2/h6,8-9,12-14,16-18,23,25,28,33-34,38,40-41,59,62-64H,11,15,19-22,24,26H2,1-5H3,(H,60,61)(H4,54,55,56). The van der Waals surface area contributed by atoms with E-state index in [1.54, 1.807) is 0 Å². The number of aliphatic hydroxyl groups is 4. The Bertz CT molecular complexity index is 2760. The van der Waals surface area contributed by atoms with Crippen LogP contribution in [0.4, 0.5) is 0 Å². The van der Waals surface area contributed by atoms with Gasteiger partial charge in [-0.2, -0.15) is 0 Å². The number of nitrogens with zero attached hydrogens (tertiary/aromatic N) is 1. The van der Waals surface area contributed by atoms with Gasteiger partial charge in [0.2, 0.25) is 0 Å². The lowest BCUT2D eigenvalue weighted by atomic mass is 9.33. The Balaban J connectivity index is 1.31. The van der Waals surface area contributed by atoms with Crippen molar-refractivity contribution in [2.24, 2.45) is 73.1 Å². The number of ketones is 2. The number of aliphatic imine (C=N–C) groups is 1. The summed E-state index contributed by atoms with van der Waals surface area (Å²) in [6.07, 6.45) is 13.7. The number of guanidine groups is 1. The SMILES string of the molecule is CC(C(=O)O)=C(O)C1(O)C2=CCC3=C2C2C4(O)C(=CC5(O)C6=C7C(=O)CC(C)(C28C=CC(N=C(N)N)C1C8C)C64CCC#CCC1(C)C(=O)CCC7(C)C1C5C=Cc1ccccc1)C3. The average Bonchev–Trinajstić information content (AvgIpc) is 3.70. The molecule has 1 aromatic carbocycles. The number of carboxylic acid groups (broad SMARTS) is 1. The van der Waals surface area contributed by atoms with E-state index in [2.05, 4.69) is 42.8 Å². The number of aliphatic hydroxyl groups excluding tert-OH is 1. The van der Waals surface area contributed by atoms with E-state index in [0.717, 1.165) is 11.1 Å². The molecule has 0 amide bonds. The highest BCUT2D eigenvalue weighted by molar-refractivity contribution is 6.02. The molecule has 2 spiro atoms. The summed E-state index contributed by atoms with van der Waals surface area (Å²) >= 11 is 0. The molecule has 0 aliphatic heterocycles. The fraction of sp³-hybridized carbons (Fsp3) is 0.509. The first-order valence-corrected chi connectivity index (χ1v) is 22.9. The Morgan fingerprint density at radius 1 is 1.00 bits per heavy atom. The van der Waals surface area contributed by atoms with Crippen LogP contribution in [0, 0.1) is 68.5 Å². The van der Waals surface area contributed by atoms with Gasteiger partial charge in [0.1, 0.15) is 22.7 Å². The van der Waals surface area contributed by atoms with Gasteiger partial charge in [0, 0.05) is 70.7 Å². The van der Waals surface area contributed by atoms with E-state index in [9.17, 15) is 35.1 Å². The molecule has 14 atom stereocenters. The monoisotopic (exact) mass is 863 g/mol. The van der Waals surface area contributed by atoms with Crippen LogP contribution in [0.25, 0.3) is 6.08 Å². The van der Waals surface area contributed by atoms with Crippen molar-refractivity contribution in [1.82, 2.24) is 0 Å². The molecule has 11 nitrogen and oxygen atoms in total. The quantitative estimate of drug-likeness (QED) is 0.0462. The normalized spacial score (nSPS) is 46.7. The van der Waals surface area contributed by atoms with Crippen LogP contribution in [0.2, 0.25) is 0 Å². The molecule has 10 aliphatic rings. The second-order valence-corrected chi connectivity index (χ2v) is 21.6. The molecule has 0 heterocycles. The summed E-state index contributed by atoms with van der Waals surface area (Å²) in [6.45, 7) is 9.39. The van der Waals surface area contributed by atoms with Gasteiger partial charge in [-0.05, 0) is 83.8 Å². The summed E-state index contributed by atoms with van der Waals surface area (Å²) in [7, 11) is 0. The molecule has 6 bridgehead atoms. The minimum atomic E-state index is -2.33. The maximum absolute atomic E-state index is 16.1. The zero-order valence-electron chi connectivity index (χ0n) is 37.0. The van der Waals surface area contributed by atoms with Crippen molar-refractivity contribution in [2.45, 2.75) is 109 Å². The fourth-order valence-corrected chi connectivity index (χ4v) is 17.3. The van der Waals surface area contributed by atoms with Crippen LogP contribution in [0.3, 0.4) is 0 Å². The molecule has 0 aromatic heterocycles. The lowest BCUT2D eigenvalue weighted by molar-refractivity contribution is -0.172. The molecule has 11 heteroatoms. The van der Waals surface area contributed by atoms with Gasteiger partial charge in [0.15, 0.2) is 17.3 Å². The minimum absolute atomic E-state index is 0.0245. The van der Waals surface area contributed by atoms with E-state index < -0.39 is 96.8 Å².